The molecule has 1 unspecified atom stereocenters. The average molecular weight is 331 g/mol. The van der Waals surface area contributed by atoms with Gasteiger partial charge in [-0.15, -0.1) is 0 Å². The lowest BCUT2D eigenvalue weighted by Crippen LogP contribution is -2.31. The van der Waals surface area contributed by atoms with Crippen LogP contribution >= 0.6 is 15.9 Å². The van der Waals surface area contributed by atoms with Gasteiger partial charge in [0, 0.05) is 11.8 Å². The molecule has 3 rings (SSSR count). The quantitative estimate of drug-likeness (QED) is 0.854. The minimum absolute atomic E-state index is 0.0465. The fraction of sp³-hybridized carbons (Fsp3) is 0.250. The maximum absolute atomic E-state index is 12.3. The molecule has 0 spiro atoms. The molecular weight excluding hydrogens is 316 g/mol. The van der Waals surface area contributed by atoms with Crippen LogP contribution in [0.2, 0.25) is 0 Å². The summed E-state index contributed by atoms with van der Waals surface area (Å²) in [6.45, 7) is 0. The third kappa shape index (κ3) is 2.75. The molecule has 1 aliphatic rings. The van der Waals surface area contributed by atoms with Crippen LogP contribution < -0.4 is 5.32 Å². The van der Waals surface area contributed by atoms with E-state index in [9.17, 15) is 4.79 Å². The molecule has 1 heterocycles. The number of aryl methyl sites for hydroxylation is 1. The number of fused-ring (bicyclic) bond motifs is 1. The van der Waals surface area contributed by atoms with Crippen LogP contribution in [-0.4, -0.2) is 10.9 Å². The second-order valence-corrected chi connectivity index (χ2v) is 5.80. The number of benzene rings is 1. The second-order valence-electron chi connectivity index (χ2n) is 4.98. The fourth-order valence-electron chi connectivity index (χ4n) is 2.69. The summed E-state index contributed by atoms with van der Waals surface area (Å²) in [4.78, 5) is 16.4. The van der Waals surface area contributed by atoms with Crippen molar-refractivity contribution in [3.63, 3.8) is 0 Å². The molecule has 0 aliphatic heterocycles. The van der Waals surface area contributed by atoms with Gasteiger partial charge in [-0.05, 0) is 58.5 Å². The number of hydrogen-bond acceptors (Lipinski definition) is 2. The number of rotatable bonds is 2. The summed E-state index contributed by atoms with van der Waals surface area (Å²) in [5, 5.41) is 3.13. The van der Waals surface area contributed by atoms with Crippen LogP contribution in [0.5, 0.6) is 0 Å². The third-order valence-electron chi connectivity index (χ3n) is 3.66. The van der Waals surface area contributed by atoms with Crippen LogP contribution in [0, 0.1) is 0 Å². The van der Waals surface area contributed by atoms with Crippen molar-refractivity contribution in [3.05, 3.63) is 63.9 Å². The predicted molar refractivity (Wildman–Crippen MR) is 81.5 cm³/mol. The number of amides is 1. The lowest BCUT2D eigenvalue weighted by Gasteiger charge is -2.26. The number of nitrogens with zero attached hydrogens (tertiary/aromatic N) is 1. The first-order valence-electron chi connectivity index (χ1n) is 6.74. The number of nitrogens with one attached hydrogen (secondary N) is 1. The van der Waals surface area contributed by atoms with E-state index < -0.39 is 0 Å². The van der Waals surface area contributed by atoms with Crippen LogP contribution in [0.1, 0.15) is 40.4 Å². The van der Waals surface area contributed by atoms with Gasteiger partial charge >= 0.3 is 0 Å². The Bertz CT molecular complexity index is 642. The summed E-state index contributed by atoms with van der Waals surface area (Å²) >= 11 is 3.29. The van der Waals surface area contributed by atoms with Crippen LogP contribution in [0.4, 0.5) is 0 Å². The van der Waals surface area contributed by atoms with Gasteiger partial charge < -0.3 is 5.32 Å². The number of aromatic nitrogens is 1. The molecule has 0 fully saturated rings. The zero-order valence-electron chi connectivity index (χ0n) is 11.0. The van der Waals surface area contributed by atoms with Crippen molar-refractivity contribution < 1.29 is 4.79 Å². The van der Waals surface area contributed by atoms with E-state index in [2.05, 4.69) is 44.4 Å². The van der Waals surface area contributed by atoms with Crippen LogP contribution in [0.25, 0.3) is 0 Å². The number of pyridine rings is 1. The molecule has 0 radical (unpaired) electrons. The Labute approximate surface area is 126 Å². The highest BCUT2D eigenvalue weighted by atomic mass is 79.9. The minimum Gasteiger partial charge on any atom is -0.345 e. The lowest BCUT2D eigenvalue weighted by molar-refractivity contribution is 0.0932. The van der Waals surface area contributed by atoms with E-state index in [1.165, 1.54) is 11.1 Å². The Hall–Kier alpha value is -1.68. The van der Waals surface area contributed by atoms with Crippen molar-refractivity contribution in [1.29, 1.82) is 0 Å². The van der Waals surface area contributed by atoms with E-state index in [0.29, 0.717) is 10.2 Å². The molecule has 4 heteroatoms. The second kappa shape index (κ2) is 5.75. The molecule has 20 heavy (non-hydrogen) atoms. The molecule has 1 atom stereocenters. The lowest BCUT2D eigenvalue weighted by atomic mass is 9.87. The van der Waals surface area contributed by atoms with Gasteiger partial charge in [-0.1, -0.05) is 24.3 Å². The van der Waals surface area contributed by atoms with Crippen molar-refractivity contribution in [3.8, 4) is 0 Å². The van der Waals surface area contributed by atoms with Crippen LogP contribution in [0.15, 0.2) is 47.2 Å². The fourth-order valence-corrected chi connectivity index (χ4v) is 3.05. The Morgan fingerprint density at radius 1 is 1.30 bits per heavy atom. The van der Waals surface area contributed by atoms with Crippen molar-refractivity contribution in [1.82, 2.24) is 10.3 Å². The molecule has 1 aromatic carbocycles. The molecule has 1 aliphatic carbocycles. The van der Waals surface area contributed by atoms with E-state index >= 15 is 0 Å². The number of halogens is 1. The SMILES string of the molecule is O=C(NC1CCCc2ccccc21)c1ccnc(Br)c1. The standard InChI is InChI=1S/C16H15BrN2O/c17-15-10-12(8-9-18-15)16(20)19-14-7-3-5-11-4-1-2-6-13(11)14/h1-2,4,6,8-10,14H,3,5,7H2,(H,19,20). The minimum atomic E-state index is -0.0465. The first-order valence-corrected chi connectivity index (χ1v) is 7.53. The zero-order valence-corrected chi connectivity index (χ0v) is 12.6. The predicted octanol–water partition coefficient (Wildman–Crippen LogP) is 3.65. The van der Waals surface area contributed by atoms with Crippen molar-refractivity contribution in [2.24, 2.45) is 0 Å². The Balaban J connectivity index is 1.81. The maximum atomic E-state index is 12.3. The molecule has 1 aromatic heterocycles. The van der Waals surface area contributed by atoms with Crippen molar-refractivity contribution in [2.75, 3.05) is 0 Å². The van der Waals surface area contributed by atoms with Crippen molar-refractivity contribution in [2.45, 2.75) is 25.3 Å². The largest absolute Gasteiger partial charge is 0.345 e. The number of carbonyl (C=O) groups is 1. The van der Waals surface area contributed by atoms with Crippen LogP contribution in [-0.2, 0) is 6.42 Å². The Morgan fingerprint density at radius 3 is 3.00 bits per heavy atom. The highest BCUT2D eigenvalue weighted by Gasteiger charge is 2.21. The molecule has 3 nitrogen and oxygen atoms in total. The normalized spacial score (nSPS) is 17.4. The molecule has 0 bridgehead atoms. The van der Waals surface area contributed by atoms with Gasteiger partial charge in [0.2, 0.25) is 0 Å². The smallest absolute Gasteiger partial charge is 0.251 e. The Morgan fingerprint density at radius 2 is 2.15 bits per heavy atom. The summed E-state index contributed by atoms with van der Waals surface area (Å²) in [7, 11) is 0. The number of hydrogen-bond donors (Lipinski definition) is 1. The first-order chi connectivity index (χ1) is 9.74. The van der Waals surface area contributed by atoms with Gasteiger partial charge in [-0.2, -0.15) is 0 Å². The van der Waals surface area contributed by atoms with Gasteiger partial charge in [0.1, 0.15) is 4.60 Å². The summed E-state index contributed by atoms with van der Waals surface area (Å²) in [6.07, 6.45) is 4.84. The molecular formula is C16H15BrN2O. The average Bonchev–Trinajstić information content (AvgIpc) is 2.47. The first kappa shape index (κ1) is 13.3. The van der Waals surface area contributed by atoms with Gasteiger partial charge in [0.05, 0.1) is 6.04 Å². The summed E-state index contributed by atoms with van der Waals surface area (Å²) in [5.74, 6) is -0.0465. The summed E-state index contributed by atoms with van der Waals surface area (Å²) in [5.41, 5.74) is 3.23. The molecule has 0 saturated carbocycles. The van der Waals surface area contributed by atoms with E-state index in [1.54, 1.807) is 18.3 Å². The van der Waals surface area contributed by atoms with Gasteiger partial charge in [-0.25, -0.2) is 4.98 Å². The number of carbonyl (C=O) groups excluding carboxylic acids is 1. The van der Waals surface area contributed by atoms with Gasteiger partial charge in [0.25, 0.3) is 5.91 Å². The summed E-state index contributed by atoms with van der Waals surface area (Å²) < 4.78 is 0.675. The van der Waals surface area contributed by atoms with Gasteiger partial charge in [-0.3, -0.25) is 4.79 Å². The maximum Gasteiger partial charge on any atom is 0.251 e. The topological polar surface area (TPSA) is 42.0 Å². The van der Waals surface area contributed by atoms with E-state index in [0.717, 1.165) is 19.3 Å². The highest BCUT2D eigenvalue weighted by Crippen LogP contribution is 2.29. The third-order valence-corrected chi connectivity index (χ3v) is 4.10. The monoisotopic (exact) mass is 330 g/mol. The van der Waals surface area contributed by atoms with Gasteiger partial charge in [0.15, 0.2) is 0 Å². The molecule has 0 saturated heterocycles. The van der Waals surface area contributed by atoms with E-state index in [4.69, 9.17) is 0 Å². The molecule has 2 aromatic rings. The van der Waals surface area contributed by atoms with E-state index in [1.807, 2.05) is 6.07 Å². The molecule has 102 valence electrons. The summed E-state index contributed by atoms with van der Waals surface area (Å²) in [6, 6.07) is 11.9. The molecule has 1 amide bonds. The van der Waals surface area contributed by atoms with E-state index in [-0.39, 0.29) is 11.9 Å². The highest BCUT2D eigenvalue weighted by molar-refractivity contribution is 9.10. The molecule has 1 N–H and O–H groups in total. The zero-order chi connectivity index (χ0) is 13.9. The Kier molecular flexibility index (Phi) is 3.83. The van der Waals surface area contributed by atoms with Crippen LogP contribution in [0.3, 0.4) is 0 Å². The van der Waals surface area contributed by atoms with Crippen molar-refractivity contribution >= 4 is 21.8 Å².